The second-order valence-electron chi connectivity index (χ2n) is 4.44. The van der Waals surface area contributed by atoms with Gasteiger partial charge in [-0.25, -0.2) is 0 Å². The summed E-state index contributed by atoms with van der Waals surface area (Å²) >= 11 is 6.79. The van der Waals surface area contributed by atoms with Crippen molar-refractivity contribution in [2.24, 2.45) is 0 Å². The van der Waals surface area contributed by atoms with Crippen LogP contribution in [0.2, 0.25) is 0 Å². The first-order valence-corrected chi connectivity index (χ1v) is 8.35. The Morgan fingerprint density at radius 2 is 1.90 bits per heavy atom. The van der Waals surface area contributed by atoms with E-state index >= 15 is 0 Å². The minimum atomic E-state index is -0.172. The van der Waals surface area contributed by atoms with Crippen LogP contribution in [-0.2, 0) is 6.42 Å². The molecule has 0 saturated heterocycles. The molecule has 0 heterocycles. The highest BCUT2D eigenvalue weighted by Gasteiger charge is 2.11. The largest absolute Gasteiger partial charge is 0.497 e. The zero-order chi connectivity index (χ0) is 15.2. The maximum absolute atomic E-state index is 12.3. The number of carbonyl (C=O) groups excluding carboxylic acids is 1. The van der Waals surface area contributed by atoms with E-state index in [-0.39, 0.29) is 5.91 Å². The monoisotopic (exact) mass is 411 g/mol. The summed E-state index contributed by atoms with van der Waals surface area (Å²) in [5, 5.41) is 3.81. The van der Waals surface area contributed by atoms with Crippen molar-refractivity contribution in [3.05, 3.63) is 58.1 Å². The quantitative estimate of drug-likeness (QED) is 0.726. The Bertz CT molecular complexity index is 627. The van der Waals surface area contributed by atoms with Crippen molar-refractivity contribution in [2.45, 2.75) is 6.42 Å². The summed E-state index contributed by atoms with van der Waals surface area (Å²) in [4.78, 5) is 12.3. The normalized spacial score (nSPS) is 10.2. The number of ether oxygens (including phenoxy) is 1. The summed E-state index contributed by atoms with van der Waals surface area (Å²) in [7, 11) is 1.58. The number of aryl methyl sites for hydroxylation is 1. The van der Waals surface area contributed by atoms with E-state index in [1.54, 1.807) is 25.3 Å². The van der Waals surface area contributed by atoms with Gasteiger partial charge in [0.15, 0.2) is 0 Å². The lowest BCUT2D eigenvalue weighted by atomic mass is 10.1. The third-order valence-corrected chi connectivity index (χ3v) is 4.10. The number of anilines is 1. The Hall–Kier alpha value is -1.33. The van der Waals surface area contributed by atoms with Crippen molar-refractivity contribution in [2.75, 3.05) is 17.8 Å². The smallest absolute Gasteiger partial charge is 0.256 e. The van der Waals surface area contributed by atoms with Crippen LogP contribution < -0.4 is 10.1 Å². The predicted octanol–water partition coefficient (Wildman–Crippen LogP) is 4.65. The molecule has 0 radical (unpaired) electrons. The van der Waals surface area contributed by atoms with Crippen LogP contribution in [0.5, 0.6) is 5.75 Å². The summed E-state index contributed by atoms with van der Waals surface area (Å²) in [5.41, 5.74) is 2.54. The van der Waals surface area contributed by atoms with E-state index in [4.69, 9.17) is 4.74 Å². The molecule has 0 aliphatic carbocycles. The molecule has 5 heteroatoms. The number of nitrogens with one attached hydrogen (secondary N) is 1. The van der Waals surface area contributed by atoms with Crippen LogP contribution in [0.1, 0.15) is 15.9 Å². The number of methoxy groups -OCH3 is 1. The number of halogens is 2. The number of amides is 1. The first kappa shape index (κ1) is 16.0. The number of carbonyl (C=O) groups is 1. The van der Waals surface area contributed by atoms with Gasteiger partial charge in [0.2, 0.25) is 0 Å². The highest BCUT2D eigenvalue weighted by molar-refractivity contribution is 9.10. The molecule has 0 bridgehead atoms. The summed E-state index contributed by atoms with van der Waals surface area (Å²) in [5.74, 6) is 0.477. The minimum absolute atomic E-state index is 0.172. The topological polar surface area (TPSA) is 38.3 Å². The van der Waals surface area contributed by atoms with E-state index in [2.05, 4.69) is 37.2 Å². The second kappa shape index (κ2) is 7.61. The van der Waals surface area contributed by atoms with Gasteiger partial charge in [-0.05, 0) is 58.2 Å². The van der Waals surface area contributed by atoms with E-state index in [1.807, 2.05) is 24.3 Å². The van der Waals surface area contributed by atoms with Gasteiger partial charge >= 0.3 is 0 Å². The third-order valence-electron chi connectivity index (χ3n) is 3.01. The van der Waals surface area contributed by atoms with Crippen LogP contribution in [0.15, 0.2) is 46.9 Å². The molecule has 0 atom stereocenters. The van der Waals surface area contributed by atoms with Gasteiger partial charge in [0, 0.05) is 15.5 Å². The lowest BCUT2D eigenvalue weighted by molar-refractivity contribution is 0.102. The predicted molar refractivity (Wildman–Crippen MR) is 92.6 cm³/mol. The Labute approximate surface area is 141 Å². The van der Waals surface area contributed by atoms with E-state index in [0.29, 0.717) is 11.3 Å². The van der Waals surface area contributed by atoms with E-state index < -0.39 is 0 Å². The van der Waals surface area contributed by atoms with E-state index in [1.165, 1.54) is 5.56 Å². The maximum atomic E-state index is 12.3. The van der Waals surface area contributed by atoms with Crippen LogP contribution in [-0.4, -0.2) is 18.3 Å². The highest BCUT2D eigenvalue weighted by Crippen LogP contribution is 2.23. The van der Waals surface area contributed by atoms with Crippen LogP contribution in [0.4, 0.5) is 5.69 Å². The molecule has 0 spiro atoms. The molecule has 2 aromatic rings. The molecule has 0 unspecified atom stereocenters. The van der Waals surface area contributed by atoms with Gasteiger partial charge in [-0.2, -0.15) is 0 Å². The van der Waals surface area contributed by atoms with Gasteiger partial charge in [-0.3, -0.25) is 4.79 Å². The average Bonchev–Trinajstić information content (AvgIpc) is 2.50. The van der Waals surface area contributed by atoms with Crippen LogP contribution in [0.3, 0.4) is 0 Å². The van der Waals surface area contributed by atoms with Gasteiger partial charge < -0.3 is 10.1 Å². The van der Waals surface area contributed by atoms with Gasteiger partial charge in [0.1, 0.15) is 5.75 Å². The zero-order valence-corrected chi connectivity index (χ0v) is 14.7. The molecular weight excluding hydrogens is 398 g/mol. The lowest BCUT2D eigenvalue weighted by Crippen LogP contribution is -2.12. The van der Waals surface area contributed by atoms with Gasteiger partial charge in [-0.1, -0.05) is 28.1 Å². The standard InChI is InChI=1S/C16H15Br2NO2/c1-21-13-6-7-15(18)14(10-13)16(20)19-12-4-2-11(3-5-12)8-9-17/h2-7,10H,8-9H2,1H3,(H,19,20). The fraction of sp³-hybridized carbons (Fsp3) is 0.188. The molecule has 110 valence electrons. The molecule has 0 aromatic heterocycles. The van der Waals surface area contributed by atoms with Crippen LogP contribution in [0.25, 0.3) is 0 Å². The molecule has 0 aliphatic rings. The third kappa shape index (κ3) is 4.32. The van der Waals surface area contributed by atoms with Crippen molar-refractivity contribution in [1.82, 2.24) is 0 Å². The Morgan fingerprint density at radius 1 is 1.19 bits per heavy atom. The lowest BCUT2D eigenvalue weighted by Gasteiger charge is -2.09. The second-order valence-corrected chi connectivity index (χ2v) is 6.08. The van der Waals surface area contributed by atoms with Gasteiger partial charge in [-0.15, -0.1) is 0 Å². The number of rotatable bonds is 5. The summed E-state index contributed by atoms with van der Waals surface area (Å²) in [6.45, 7) is 0. The first-order chi connectivity index (χ1) is 10.1. The molecule has 1 N–H and O–H groups in total. The fourth-order valence-electron chi connectivity index (χ4n) is 1.87. The fourth-order valence-corrected chi connectivity index (χ4v) is 2.75. The molecule has 1 amide bonds. The molecular formula is C16H15Br2NO2. The Morgan fingerprint density at radius 3 is 2.52 bits per heavy atom. The van der Waals surface area contributed by atoms with Crippen LogP contribution in [0, 0.1) is 0 Å². The Kier molecular flexibility index (Phi) is 5.82. The zero-order valence-electron chi connectivity index (χ0n) is 11.5. The number of hydrogen-bond acceptors (Lipinski definition) is 2. The molecule has 2 aromatic carbocycles. The molecule has 0 aliphatic heterocycles. The van der Waals surface area contributed by atoms with Crippen LogP contribution >= 0.6 is 31.9 Å². The average molecular weight is 413 g/mol. The number of hydrogen-bond donors (Lipinski definition) is 1. The Balaban J connectivity index is 2.14. The van der Waals surface area contributed by atoms with Crippen molar-refractivity contribution in [3.63, 3.8) is 0 Å². The van der Waals surface area contributed by atoms with Crippen molar-refractivity contribution < 1.29 is 9.53 Å². The van der Waals surface area contributed by atoms with Crippen molar-refractivity contribution >= 4 is 43.5 Å². The molecule has 0 fully saturated rings. The molecule has 0 saturated carbocycles. The SMILES string of the molecule is COc1ccc(Br)c(C(=O)Nc2ccc(CCBr)cc2)c1. The summed E-state index contributed by atoms with van der Waals surface area (Å²) in [6.07, 6.45) is 0.968. The first-order valence-electron chi connectivity index (χ1n) is 6.44. The van der Waals surface area contributed by atoms with Gasteiger partial charge in [0.25, 0.3) is 5.91 Å². The number of benzene rings is 2. The minimum Gasteiger partial charge on any atom is -0.497 e. The van der Waals surface area contributed by atoms with Crippen molar-refractivity contribution in [3.8, 4) is 5.75 Å². The molecule has 2 rings (SSSR count). The van der Waals surface area contributed by atoms with Crippen molar-refractivity contribution in [1.29, 1.82) is 0 Å². The van der Waals surface area contributed by atoms with Gasteiger partial charge in [0.05, 0.1) is 12.7 Å². The summed E-state index contributed by atoms with van der Waals surface area (Å²) in [6, 6.07) is 13.1. The summed E-state index contributed by atoms with van der Waals surface area (Å²) < 4.78 is 5.88. The van der Waals surface area contributed by atoms with E-state index in [9.17, 15) is 4.79 Å². The molecule has 21 heavy (non-hydrogen) atoms. The number of alkyl halides is 1. The highest BCUT2D eigenvalue weighted by atomic mass is 79.9. The van der Waals surface area contributed by atoms with E-state index in [0.717, 1.165) is 21.9 Å². The maximum Gasteiger partial charge on any atom is 0.256 e. The molecule has 3 nitrogen and oxygen atoms in total.